The highest BCUT2D eigenvalue weighted by Gasteiger charge is 2.63. The fraction of sp³-hybridized carbons (Fsp3) is 0.667. The molecule has 0 unspecified atom stereocenters. The van der Waals surface area contributed by atoms with Crippen LogP contribution in [0.25, 0.3) is 11.0 Å². The number of fused-ring (bicyclic) bond motifs is 3. The van der Waals surface area contributed by atoms with E-state index < -0.39 is 73.8 Å². The van der Waals surface area contributed by atoms with Gasteiger partial charge in [0, 0.05) is 24.3 Å². The maximum Gasteiger partial charge on any atom is 0.408 e. The average Bonchev–Trinajstić information content (AvgIpc) is 4.03. The molecule has 15 nitrogen and oxygen atoms in total. The van der Waals surface area contributed by atoms with Gasteiger partial charge in [-0.1, -0.05) is 46.3 Å². The van der Waals surface area contributed by atoms with Crippen molar-refractivity contribution in [1.29, 1.82) is 0 Å². The number of methoxy groups -OCH3 is 1. The van der Waals surface area contributed by atoms with Gasteiger partial charge in [0.15, 0.2) is 0 Å². The van der Waals surface area contributed by atoms with E-state index in [4.69, 9.17) is 24.2 Å². The van der Waals surface area contributed by atoms with Gasteiger partial charge in [-0.25, -0.2) is 23.2 Å². The molecule has 2 aliphatic heterocycles. The lowest BCUT2D eigenvalue weighted by atomic mass is 9.85. The van der Waals surface area contributed by atoms with Crippen LogP contribution in [0.4, 0.5) is 4.79 Å². The van der Waals surface area contributed by atoms with Crippen LogP contribution in [0.15, 0.2) is 30.4 Å². The van der Waals surface area contributed by atoms with Crippen LogP contribution in [0.1, 0.15) is 118 Å². The van der Waals surface area contributed by atoms with Crippen LogP contribution in [-0.4, -0.2) is 94.8 Å². The molecule has 0 radical (unpaired) electrons. The topological polar surface area (TPSA) is 195 Å². The molecule has 3 fully saturated rings. The third kappa shape index (κ3) is 9.21. The number of benzene rings is 1. The van der Waals surface area contributed by atoms with Gasteiger partial charge in [0.2, 0.25) is 27.7 Å². The maximum absolute atomic E-state index is 15.0. The molecule has 6 rings (SSSR count). The summed E-state index contributed by atoms with van der Waals surface area (Å²) in [6.45, 7) is 14.8. The van der Waals surface area contributed by atoms with Crippen LogP contribution >= 0.6 is 0 Å². The Morgan fingerprint density at radius 2 is 1.83 bits per heavy atom. The molecule has 2 aromatic rings. The molecule has 0 spiro atoms. The Morgan fingerprint density at radius 3 is 2.47 bits per heavy atom. The summed E-state index contributed by atoms with van der Waals surface area (Å²) in [4.78, 5) is 68.2. The van der Waals surface area contributed by atoms with Crippen LogP contribution in [-0.2, 0) is 29.1 Å². The van der Waals surface area contributed by atoms with E-state index in [0.29, 0.717) is 54.6 Å². The molecule has 16 heteroatoms. The molecule has 3 N–H and O–H groups in total. The van der Waals surface area contributed by atoms with Crippen molar-refractivity contribution < 1.29 is 41.8 Å². The number of sulfonamides is 1. The van der Waals surface area contributed by atoms with E-state index in [2.05, 4.69) is 22.3 Å². The highest BCUT2D eigenvalue weighted by atomic mass is 32.2. The average molecular weight is 825 g/mol. The standard InChI is InChI=1S/C42H60N6O9S/c1-10-26-19-25(4)13-11-12-14-27-22-42(27,38(51)47-58(53,54)41(8)17-18-41)46-35(49)32-21-29(23-48(32)37(50)34(26)45-39(52)57-40(5,6)7)56-36-33(24(2)3)43-30-16-15-28(55-9)20-31(30)44-36/h12,14-16,20,24-27,29,32,34H,10-11,13,17-19,21-23H2,1-9H3,(H,45,52)(H,46,49)(H,47,51)/b14-12-/t25-,26-,27-,29-,32+,34+,42-/m1/s1. The number of rotatable bonds is 9. The largest absolute Gasteiger partial charge is 0.497 e. The number of hydrogen-bond donors (Lipinski definition) is 3. The normalized spacial score (nSPS) is 29.2. The molecule has 3 heterocycles. The molecule has 4 amide bonds. The second-order valence-electron chi connectivity index (χ2n) is 18.2. The number of alkyl carbamates (subject to hydrolysis) is 1. The van der Waals surface area contributed by atoms with Crippen molar-refractivity contribution in [2.45, 2.75) is 147 Å². The van der Waals surface area contributed by atoms with Crippen LogP contribution in [0.3, 0.4) is 0 Å². The van der Waals surface area contributed by atoms with Gasteiger partial charge in [-0.05, 0) is 90.2 Å². The smallest absolute Gasteiger partial charge is 0.408 e. The van der Waals surface area contributed by atoms with Crippen LogP contribution in [0.5, 0.6) is 11.6 Å². The zero-order valence-electron chi connectivity index (χ0n) is 35.2. The Bertz CT molecular complexity index is 2060. The minimum atomic E-state index is -4.01. The van der Waals surface area contributed by atoms with Crippen molar-refractivity contribution in [2.24, 2.45) is 17.8 Å². The molecule has 1 saturated heterocycles. The summed E-state index contributed by atoms with van der Waals surface area (Å²) in [6.07, 6.45) is 6.04. The summed E-state index contributed by atoms with van der Waals surface area (Å²) in [7, 11) is -2.45. The summed E-state index contributed by atoms with van der Waals surface area (Å²) in [6, 6.07) is 3.17. The van der Waals surface area contributed by atoms with E-state index in [0.717, 1.165) is 6.42 Å². The summed E-state index contributed by atoms with van der Waals surface area (Å²) in [5.41, 5.74) is -0.591. The van der Waals surface area contributed by atoms with Gasteiger partial charge >= 0.3 is 6.09 Å². The minimum Gasteiger partial charge on any atom is -0.497 e. The molecule has 318 valence electrons. The fourth-order valence-corrected chi connectivity index (χ4v) is 9.34. The molecule has 0 bridgehead atoms. The van der Waals surface area contributed by atoms with Crippen molar-refractivity contribution >= 4 is 44.9 Å². The van der Waals surface area contributed by atoms with Crippen molar-refractivity contribution in [2.75, 3.05) is 13.7 Å². The van der Waals surface area contributed by atoms with Crippen LogP contribution in [0.2, 0.25) is 0 Å². The van der Waals surface area contributed by atoms with Crippen molar-refractivity contribution in [1.82, 2.24) is 30.2 Å². The molecular formula is C42H60N6O9S. The van der Waals surface area contributed by atoms with E-state index in [1.54, 1.807) is 46.9 Å². The Hall–Kier alpha value is -4.47. The van der Waals surface area contributed by atoms with Gasteiger partial charge in [-0.2, -0.15) is 0 Å². The number of hydrogen-bond acceptors (Lipinski definition) is 11. The predicted octanol–water partition coefficient (Wildman–Crippen LogP) is 5.28. The van der Waals surface area contributed by atoms with E-state index in [1.165, 1.54) is 4.90 Å². The first-order valence-electron chi connectivity index (χ1n) is 20.6. The van der Waals surface area contributed by atoms with E-state index in [9.17, 15) is 22.8 Å². The third-order valence-electron chi connectivity index (χ3n) is 12.0. The summed E-state index contributed by atoms with van der Waals surface area (Å²) in [5, 5.41) is 5.80. The summed E-state index contributed by atoms with van der Waals surface area (Å²) in [5.74, 6) is -1.78. The van der Waals surface area contributed by atoms with Gasteiger partial charge in [-0.3, -0.25) is 19.1 Å². The molecule has 7 atom stereocenters. The Kier molecular flexibility index (Phi) is 12.1. The number of nitrogens with zero attached hydrogens (tertiary/aromatic N) is 3. The fourth-order valence-electron chi connectivity index (χ4n) is 8.03. The molecular weight excluding hydrogens is 765 g/mol. The molecule has 4 aliphatic rings. The second kappa shape index (κ2) is 16.3. The molecule has 1 aromatic carbocycles. The van der Waals surface area contributed by atoms with Gasteiger partial charge in [-0.15, -0.1) is 0 Å². The highest BCUT2D eigenvalue weighted by Crippen LogP contribution is 2.47. The molecule has 2 saturated carbocycles. The zero-order chi connectivity index (χ0) is 42.4. The van der Waals surface area contributed by atoms with Crippen molar-refractivity contribution in [3.05, 3.63) is 36.0 Å². The van der Waals surface area contributed by atoms with Gasteiger partial charge in [0.1, 0.15) is 40.8 Å². The Morgan fingerprint density at radius 1 is 1.10 bits per heavy atom. The van der Waals surface area contributed by atoms with Crippen LogP contribution in [0, 0.1) is 17.8 Å². The van der Waals surface area contributed by atoms with Crippen molar-refractivity contribution in [3.63, 3.8) is 0 Å². The predicted molar refractivity (Wildman–Crippen MR) is 217 cm³/mol. The van der Waals surface area contributed by atoms with E-state index in [-0.39, 0.29) is 43.0 Å². The first-order chi connectivity index (χ1) is 27.2. The van der Waals surface area contributed by atoms with Crippen LogP contribution < -0.4 is 24.8 Å². The molecule has 2 aliphatic carbocycles. The Balaban J connectivity index is 1.38. The number of nitrogens with one attached hydrogen (secondary N) is 3. The van der Waals surface area contributed by atoms with Gasteiger partial charge in [0.05, 0.1) is 29.4 Å². The number of carbonyl (C=O) groups excluding carboxylic acids is 4. The second-order valence-corrected chi connectivity index (χ2v) is 20.4. The lowest BCUT2D eigenvalue weighted by molar-refractivity contribution is -0.142. The maximum atomic E-state index is 15.0. The number of aromatic nitrogens is 2. The monoisotopic (exact) mass is 824 g/mol. The Labute approximate surface area is 341 Å². The number of amides is 4. The zero-order valence-corrected chi connectivity index (χ0v) is 36.0. The third-order valence-corrected chi connectivity index (χ3v) is 14.1. The lowest BCUT2D eigenvalue weighted by Gasteiger charge is -2.34. The summed E-state index contributed by atoms with van der Waals surface area (Å²) < 4.78 is 45.4. The van der Waals surface area contributed by atoms with E-state index >= 15 is 4.79 Å². The number of ether oxygens (including phenoxy) is 3. The first kappa shape index (κ1) is 43.1. The van der Waals surface area contributed by atoms with Gasteiger partial charge < -0.3 is 29.7 Å². The minimum absolute atomic E-state index is 0.0217. The number of allylic oxidation sites excluding steroid dienone is 1. The molecule has 1 aromatic heterocycles. The SMILES string of the molecule is CC[C@@H]1C[C@H](C)CC/C=C\[C@@H]2C[C@@]2(C(=O)NS(=O)(=O)C2(C)CC2)NC(=O)[C@@H]2C[C@@H](Oc3nc4cc(OC)ccc4nc3C(C)C)CN2C(=O)[C@H]1NC(=O)OC(C)(C)C. The first-order valence-corrected chi connectivity index (χ1v) is 22.0. The van der Waals surface area contributed by atoms with Crippen molar-refractivity contribution in [3.8, 4) is 11.6 Å². The number of carbonyl (C=O) groups is 4. The van der Waals surface area contributed by atoms with E-state index in [1.807, 2.05) is 39.0 Å². The summed E-state index contributed by atoms with van der Waals surface area (Å²) >= 11 is 0. The quantitative estimate of drug-likeness (QED) is 0.279. The molecule has 58 heavy (non-hydrogen) atoms. The lowest BCUT2D eigenvalue weighted by Crippen LogP contribution is -2.59. The highest BCUT2D eigenvalue weighted by molar-refractivity contribution is 7.91. The van der Waals surface area contributed by atoms with Gasteiger partial charge in [0.25, 0.3) is 5.91 Å².